The van der Waals surface area contributed by atoms with Gasteiger partial charge in [-0.1, -0.05) is 38.1 Å². The van der Waals surface area contributed by atoms with Gasteiger partial charge < -0.3 is 34.0 Å². The second kappa shape index (κ2) is 11.0. The second-order valence-corrected chi connectivity index (χ2v) is 2.48. The largest absolute Gasteiger partial charge is 2.00 e. The molecular formula is C10H14Br2Mg. The molecular weight excluding hydrogens is 304 g/mol. The zero-order valence-electron chi connectivity index (χ0n) is 8.19. The van der Waals surface area contributed by atoms with Gasteiger partial charge in [-0.25, -0.2) is 0 Å². The molecule has 1 aromatic rings. The van der Waals surface area contributed by atoms with Crippen LogP contribution in [0, 0.1) is 0 Å². The average molecular weight is 318 g/mol. The van der Waals surface area contributed by atoms with E-state index in [1.165, 1.54) is 11.1 Å². The summed E-state index contributed by atoms with van der Waals surface area (Å²) in [5.41, 5.74) is 2.98. The first-order valence-electron chi connectivity index (χ1n) is 3.95. The summed E-state index contributed by atoms with van der Waals surface area (Å²) < 4.78 is 0. The van der Waals surface area contributed by atoms with Crippen LogP contribution in [-0.2, 0) is 12.8 Å². The van der Waals surface area contributed by atoms with E-state index in [0.29, 0.717) is 0 Å². The average Bonchev–Trinajstić information content (AvgIpc) is 2.04. The predicted molar refractivity (Wildman–Crippen MR) is 51.0 cm³/mol. The first-order chi connectivity index (χ1) is 4.88. The number of hydrogen-bond donors (Lipinski definition) is 0. The molecule has 0 amide bonds. The van der Waals surface area contributed by atoms with Gasteiger partial charge in [0.25, 0.3) is 0 Å². The quantitative estimate of drug-likeness (QED) is 0.495. The SMILES string of the molecule is CCc1ccccc1CC.[Br-].[Br-].[Mg+2]. The van der Waals surface area contributed by atoms with Gasteiger partial charge in [0.2, 0.25) is 0 Å². The summed E-state index contributed by atoms with van der Waals surface area (Å²) in [5, 5.41) is 0. The van der Waals surface area contributed by atoms with E-state index in [4.69, 9.17) is 0 Å². The molecule has 0 unspecified atom stereocenters. The summed E-state index contributed by atoms with van der Waals surface area (Å²) in [6, 6.07) is 8.63. The summed E-state index contributed by atoms with van der Waals surface area (Å²) in [7, 11) is 0. The van der Waals surface area contributed by atoms with Crippen LogP contribution in [-0.4, -0.2) is 23.1 Å². The van der Waals surface area contributed by atoms with Crippen molar-refractivity contribution in [1.82, 2.24) is 0 Å². The van der Waals surface area contributed by atoms with Crippen LogP contribution in [0.1, 0.15) is 25.0 Å². The molecule has 0 saturated heterocycles. The van der Waals surface area contributed by atoms with Gasteiger partial charge in [0.15, 0.2) is 0 Å². The van der Waals surface area contributed by atoms with E-state index < -0.39 is 0 Å². The van der Waals surface area contributed by atoms with Crippen LogP contribution in [0.4, 0.5) is 0 Å². The first-order valence-corrected chi connectivity index (χ1v) is 3.95. The smallest absolute Gasteiger partial charge is 1.00 e. The summed E-state index contributed by atoms with van der Waals surface area (Å²) in [4.78, 5) is 0. The number of hydrogen-bond acceptors (Lipinski definition) is 0. The molecule has 3 heteroatoms. The molecule has 13 heavy (non-hydrogen) atoms. The zero-order valence-corrected chi connectivity index (χ0v) is 12.8. The van der Waals surface area contributed by atoms with Crippen molar-refractivity contribution >= 4 is 23.1 Å². The van der Waals surface area contributed by atoms with Crippen molar-refractivity contribution in [2.45, 2.75) is 26.7 Å². The van der Waals surface area contributed by atoms with E-state index in [1.807, 2.05) is 0 Å². The maximum Gasteiger partial charge on any atom is 2.00 e. The number of aryl methyl sites for hydroxylation is 2. The topological polar surface area (TPSA) is 0 Å². The Morgan fingerprint density at radius 1 is 0.846 bits per heavy atom. The molecule has 0 N–H and O–H groups in total. The van der Waals surface area contributed by atoms with Crippen molar-refractivity contribution < 1.29 is 34.0 Å². The Labute approximate surface area is 118 Å². The van der Waals surface area contributed by atoms with E-state index in [9.17, 15) is 0 Å². The maximum atomic E-state index is 2.21. The van der Waals surface area contributed by atoms with Crippen LogP contribution >= 0.6 is 0 Å². The minimum atomic E-state index is 0. The second-order valence-electron chi connectivity index (χ2n) is 2.48. The Balaban J connectivity index is -0.000000333. The van der Waals surface area contributed by atoms with Gasteiger partial charge in [0.1, 0.15) is 0 Å². The van der Waals surface area contributed by atoms with Gasteiger partial charge in [-0.2, -0.15) is 0 Å². The molecule has 0 fully saturated rings. The van der Waals surface area contributed by atoms with Gasteiger partial charge >= 0.3 is 23.1 Å². The van der Waals surface area contributed by atoms with Gasteiger partial charge in [-0.15, -0.1) is 0 Å². The van der Waals surface area contributed by atoms with Gasteiger partial charge in [-0.05, 0) is 24.0 Å². The van der Waals surface area contributed by atoms with E-state index in [0.717, 1.165) is 12.8 Å². The fraction of sp³-hybridized carbons (Fsp3) is 0.400. The molecule has 0 heterocycles. The monoisotopic (exact) mass is 316 g/mol. The van der Waals surface area contributed by atoms with Crippen LogP contribution in [0.15, 0.2) is 24.3 Å². The van der Waals surface area contributed by atoms with E-state index in [1.54, 1.807) is 0 Å². The minimum Gasteiger partial charge on any atom is -1.00 e. The Hall–Kier alpha value is 0.946. The number of halogens is 2. The predicted octanol–water partition coefficient (Wildman–Crippen LogP) is -3.56. The van der Waals surface area contributed by atoms with Crippen molar-refractivity contribution in [1.29, 1.82) is 0 Å². The molecule has 0 atom stereocenters. The Bertz CT molecular complexity index is 191. The molecule has 1 rings (SSSR count). The van der Waals surface area contributed by atoms with Crippen molar-refractivity contribution in [2.75, 3.05) is 0 Å². The molecule has 0 aliphatic rings. The Morgan fingerprint density at radius 3 is 1.38 bits per heavy atom. The van der Waals surface area contributed by atoms with E-state index in [-0.39, 0.29) is 57.0 Å². The fourth-order valence-corrected chi connectivity index (χ4v) is 1.25. The molecule has 1 aromatic carbocycles. The normalized spacial score (nSPS) is 7.54. The molecule has 0 aliphatic carbocycles. The molecule has 0 saturated carbocycles. The third kappa shape index (κ3) is 6.10. The van der Waals surface area contributed by atoms with Crippen LogP contribution in [0.25, 0.3) is 0 Å². The minimum absolute atomic E-state index is 0. The Morgan fingerprint density at radius 2 is 1.15 bits per heavy atom. The van der Waals surface area contributed by atoms with Crippen LogP contribution in [0.2, 0.25) is 0 Å². The van der Waals surface area contributed by atoms with Crippen molar-refractivity contribution in [3.8, 4) is 0 Å². The molecule has 0 nitrogen and oxygen atoms in total. The van der Waals surface area contributed by atoms with Crippen LogP contribution in [0.3, 0.4) is 0 Å². The van der Waals surface area contributed by atoms with Crippen molar-refractivity contribution in [3.63, 3.8) is 0 Å². The number of rotatable bonds is 2. The fourth-order valence-electron chi connectivity index (χ4n) is 1.25. The van der Waals surface area contributed by atoms with Crippen molar-refractivity contribution in [3.05, 3.63) is 35.4 Å². The summed E-state index contributed by atoms with van der Waals surface area (Å²) >= 11 is 0. The summed E-state index contributed by atoms with van der Waals surface area (Å²) in [6.45, 7) is 4.41. The number of benzene rings is 1. The Kier molecular flexibility index (Phi) is 16.5. The third-order valence-corrected chi connectivity index (χ3v) is 1.88. The standard InChI is InChI=1S/C10H14.2BrH.Mg/c1-3-9-7-5-6-8-10(9)4-2;;;/h5-8H,3-4H2,1-2H3;2*1H;/q;;;+2/p-2. The molecule has 0 aliphatic heterocycles. The maximum absolute atomic E-state index is 2.21. The van der Waals surface area contributed by atoms with E-state index >= 15 is 0 Å². The molecule has 0 bridgehead atoms. The molecule has 0 spiro atoms. The van der Waals surface area contributed by atoms with Crippen molar-refractivity contribution in [2.24, 2.45) is 0 Å². The van der Waals surface area contributed by atoms with Gasteiger partial charge in [-0.3, -0.25) is 0 Å². The molecule has 0 aromatic heterocycles. The van der Waals surface area contributed by atoms with Crippen LogP contribution < -0.4 is 34.0 Å². The van der Waals surface area contributed by atoms with E-state index in [2.05, 4.69) is 38.1 Å². The first kappa shape index (κ1) is 19.5. The van der Waals surface area contributed by atoms with Gasteiger partial charge in [0.05, 0.1) is 0 Å². The molecule has 70 valence electrons. The summed E-state index contributed by atoms with van der Waals surface area (Å²) in [5.74, 6) is 0. The summed E-state index contributed by atoms with van der Waals surface area (Å²) in [6.07, 6.45) is 2.31. The third-order valence-electron chi connectivity index (χ3n) is 1.88. The molecule has 0 radical (unpaired) electrons. The van der Waals surface area contributed by atoms with Crippen LogP contribution in [0.5, 0.6) is 0 Å². The van der Waals surface area contributed by atoms with Gasteiger partial charge in [0, 0.05) is 0 Å². The zero-order chi connectivity index (χ0) is 7.40.